The number of amides is 2. The average Bonchev–Trinajstić information content (AvgIpc) is 2.65. The Balaban J connectivity index is 1.72. The second-order valence-electron chi connectivity index (χ2n) is 5.56. The van der Waals surface area contributed by atoms with E-state index in [2.05, 4.69) is 10.6 Å². The molecule has 2 rings (SSSR count). The summed E-state index contributed by atoms with van der Waals surface area (Å²) >= 11 is 0. The molecule has 2 aromatic carbocycles. The van der Waals surface area contributed by atoms with Crippen molar-refractivity contribution in [1.82, 2.24) is 5.32 Å². The maximum Gasteiger partial charge on any atom is 0.414 e. The smallest absolute Gasteiger partial charge is 0.414 e. The highest BCUT2D eigenvalue weighted by Gasteiger charge is 2.16. The Bertz CT molecular complexity index is 686. The zero-order valence-electron chi connectivity index (χ0n) is 14.3. The summed E-state index contributed by atoms with van der Waals surface area (Å²) in [4.78, 5) is 23.7. The van der Waals surface area contributed by atoms with Gasteiger partial charge in [-0.1, -0.05) is 37.3 Å². The van der Waals surface area contributed by atoms with Crippen LogP contribution in [0.4, 0.5) is 10.5 Å². The summed E-state index contributed by atoms with van der Waals surface area (Å²) in [6.45, 7) is 2.25. The molecule has 1 atom stereocenters. The molecule has 0 aromatic heterocycles. The molecule has 2 aromatic rings. The number of anilines is 1. The molecule has 0 fully saturated rings. The van der Waals surface area contributed by atoms with Gasteiger partial charge in [0.1, 0.15) is 12.4 Å². The van der Waals surface area contributed by atoms with Gasteiger partial charge in [0.2, 0.25) is 5.91 Å². The van der Waals surface area contributed by atoms with Crippen LogP contribution in [-0.4, -0.2) is 25.7 Å². The minimum Gasteiger partial charge on any atom is -0.497 e. The van der Waals surface area contributed by atoms with Crippen LogP contribution in [0.3, 0.4) is 0 Å². The topological polar surface area (TPSA) is 76.7 Å². The number of benzene rings is 2. The van der Waals surface area contributed by atoms with Gasteiger partial charge >= 0.3 is 6.09 Å². The molecular weight excluding hydrogens is 320 g/mol. The quantitative estimate of drug-likeness (QED) is 0.808. The van der Waals surface area contributed by atoms with Crippen LogP contribution in [0.2, 0.25) is 0 Å². The van der Waals surface area contributed by atoms with Gasteiger partial charge < -0.3 is 14.8 Å². The Labute approximate surface area is 147 Å². The molecule has 2 N–H and O–H groups in total. The normalized spacial score (nSPS) is 11.3. The maximum atomic E-state index is 12.0. The summed E-state index contributed by atoms with van der Waals surface area (Å²) in [6, 6.07) is 16.7. The van der Waals surface area contributed by atoms with Crippen molar-refractivity contribution in [3.8, 4) is 5.75 Å². The van der Waals surface area contributed by atoms with E-state index in [1.54, 1.807) is 14.0 Å². The predicted molar refractivity (Wildman–Crippen MR) is 95.4 cm³/mol. The fraction of sp³-hybridized carbons (Fsp3) is 0.263. The van der Waals surface area contributed by atoms with E-state index >= 15 is 0 Å². The van der Waals surface area contributed by atoms with Crippen LogP contribution in [0.15, 0.2) is 54.6 Å². The minimum atomic E-state index is -0.745. The van der Waals surface area contributed by atoms with Crippen molar-refractivity contribution in [3.05, 3.63) is 60.2 Å². The summed E-state index contributed by atoms with van der Waals surface area (Å²) in [7, 11) is 1.60. The number of carbonyl (C=O) groups is 2. The molecule has 0 spiro atoms. The van der Waals surface area contributed by atoms with Gasteiger partial charge in [0.05, 0.1) is 13.0 Å². The largest absolute Gasteiger partial charge is 0.497 e. The number of hydrogen-bond donors (Lipinski definition) is 2. The van der Waals surface area contributed by atoms with Gasteiger partial charge in [-0.3, -0.25) is 10.1 Å². The molecule has 25 heavy (non-hydrogen) atoms. The van der Waals surface area contributed by atoms with Crippen molar-refractivity contribution >= 4 is 17.7 Å². The highest BCUT2D eigenvalue weighted by atomic mass is 16.5. The molecule has 2 amide bonds. The van der Waals surface area contributed by atoms with E-state index in [4.69, 9.17) is 9.47 Å². The first kappa shape index (κ1) is 18.3. The van der Waals surface area contributed by atoms with E-state index in [9.17, 15) is 9.59 Å². The fourth-order valence-electron chi connectivity index (χ4n) is 2.06. The molecule has 0 unspecified atom stereocenters. The monoisotopic (exact) mass is 342 g/mol. The lowest BCUT2D eigenvalue weighted by atomic mass is 10.1. The molecule has 0 aliphatic rings. The Hall–Kier alpha value is -3.02. The molecular formula is C19H22N2O4. The van der Waals surface area contributed by atoms with Crippen molar-refractivity contribution in [2.24, 2.45) is 5.92 Å². The number of carbonyl (C=O) groups excluding carboxylic acids is 2. The molecule has 0 radical (unpaired) electrons. The van der Waals surface area contributed by atoms with Crippen LogP contribution >= 0.6 is 0 Å². The molecule has 0 aliphatic heterocycles. The van der Waals surface area contributed by atoms with Crippen LogP contribution in [-0.2, 0) is 16.1 Å². The first-order valence-electron chi connectivity index (χ1n) is 7.98. The molecule has 0 bridgehead atoms. The van der Waals surface area contributed by atoms with Gasteiger partial charge in [-0.2, -0.15) is 0 Å². The van der Waals surface area contributed by atoms with Crippen molar-refractivity contribution in [2.75, 3.05) is 19.0 Å². The molecule has 0 heterocycles. The summed E-state index contributed by atoms with van der Waals surface area (Å²) in [5.41, 5.74) is 1.73. The van der Waals surface area contributed by atoms with E-state index in [1.807, 2.05) is 54.6 Å². The number of alkyl carbamates (subject to hydrolysis) is 1. The number of rotatable bonds is 7. The summed E-state index contributed by atoms with van der Waals surface area (Å²) < 4.78 is 10.1. The maximum absolute atomic E-state index is 12.0. The first-order valence-corrected chi connectivity index (χ1v) is 7.98. The number of ether oxygens (including phenoxy) is 2. The number of methoxy groups -OCH3 is 1. The van der Waals surface area contributed by atoms with Crippen molar-refractivity contribution < 1.29 is 19.1 Å². The zero-order valence-corrected chi connectivity index (χ0v) is 14.3. The third kappa shape index (κ3) is 6.18. The lowest BCUT2D eigenvalue weighted by molar-refractivity contribution is -0.123. The second kappa shape index (κ2) is 9.32. The lowest BCUT2D eigenvalue weighted by Crippen LogP contribution is -2.37. The van der Waals surface area contributed by atoms with Gasteiger partial charge in [-0.25, -0.2) is 4.79 Å². The minimum absolute atomic E-state index is 0.123. The number of imide groups is 1. The average molecular weight is 342 g/mol. The van der Waals surface area contributed by atoms with Crippen LogP contribution in [0, 0.1) is 5.92 Å². The number of hydrogen-bond acceptors (Lipinski definition) is 5. The summed E-state index contributed by atoms with van der Waals surface area (Å²) in [5.74, 6) is -0.0250. The van der Waals surface area contributed by atoms with Crippen LogP contribution < -0.4 is 15.4 Å². The van der Waals surface area contributed by atoms with Gasteiger partial charge in [-0.05, 0) is 29.8 Å². The molecule has 0 aliphatic carbocycles. The molecule has 0 saturated carbocycles. The first-order chi connectivity index (χ1) is 12.1. The van der Waals surface area contributed by atoms with E-state index in [1.165, 1.54) is 0 Å². The standard InChI is InChI=1S/C19H22N2O4/c1-14(12-20-16-8-10-17(24-2)11-9-16)18(22)21-19(23)25-13-15-6-4-3-5-7-15/h3-11,14,20H,12-13H2,1-2H3,(H,21,22,23)/t14-/m0/s1. The highest BCUT2D eigenvalue weighted by Crippen LogP contribution is 2.15. The Kier molecular flexibility index (Phi) is 6.83. The van der Waals surface area contributed by atoms with Crippen LogP contribution in [0.5, 0.6) is 5.75 Å². The Morgan fingerprint density at radius 3 is 2.36 bits per heavy atom. The zero-order chi connectivity index (χ0) is 18.1. The Morgan fingerprint density at radius 2 is 1.72 bits per heavy atom. The summed E-state index contributed by atoms with van der Waals surface area (Å²) in [6.07, 6.45) is -0.745. The molecule has 6 heteroatoms. The molecule has 6 nitrogen and oxygen atoms in total. The van der Waals surface area contributed by atoms with Crippen molar-refractivity contribution in [1.29, 1.82) is 0 Å². The van der Waals surface area contributed by atoms with Gasteiger partial charge in [0.15, 0.2) is 0 Å². The van der Waals surface area contributed by atoms with Gasteiger partial charge in [0, 0.05) is 12.2 Å². The third-order valence-corrected chi connectivity index (χ3v) is 3.59. The van der Waals surface area contributed by atoms with E-state index in [-0.39, 0.29) is 12.5 Å². The SMILES string of the molecule is COc1ccc(NC[C@H](C)C(=O)NC(=O)OCc2ccccc2)cc1. The molecule has 132 valence electrons. The predicted octanol–water partition coefficient (Wildman–Crippen LogP) is 3.20. The van der Waals surface area contributed by atoms with E-state index in [0.717, 1.165) is 17.0 Å². The third-order valence-electron chi connectivity index (χ3n) is 3.59. The summed E-state index contributed by atoms with van der Waals surface area (Å²) in [5, 5.41) is 5.38. The number of nitrogens with one attached hydrogen (secondary N) is 2. The highest BCUT2D eigenvalue weighted by molar-refractivity contribution is 5.93. The molecule has 0 saturated heterocycles. The fourth-order valence-corrected chi connectivity index (χ4v) is 2.06. The van der Waals surface area contributed by atoms with Gasteiger partial charge in [-0.15, -0.1) is 0 Å². The lowest BCUT2D eigenvalue weighted by Gasteiger charge is -2.13. The van der Waals surface area contributed by atoms with Crippen molar-refractivity contribution in [2.45, 2.75) is 13.5 Å². The van der Waals surface area contributed by atoms with E-state index < -0.39 is 12.0 Å². The van der Waals surface area contributed by atoms with Crippen molar-refractivity contribution in [3.63, 3.8) is 0 Å². The Morgan fingerprint density at radius 1 is 1.04 bits per heavy atom. The van der Waals surface area contributed by atoms with Crippen LogP contribution in [0.1, 0.15) is 12.5 Å². The van der Waals surface area contributed by atoms with E-state index in [0.29, 0.717) is 6.54 Å². The van der Waals surface area contributed by atoms with Gasteiger partial charge in [0.25, 0.3) is 0 Å². The van der Waals surface area contributed by atoms with Crippen LogP contribution in [0.25, 0.3) is 0 Å². The second-order valence-corrected chi connectivity index (χ2v) is 5.56.